The average Bonchev–Trinajstić information content (AvgIpc) is 2.49. The number of hydrazine groups is 1. The van der Waals surface area contributed by atoms with Crippen LogP contribution in [0.4, 0.5) is 11.4 Å². The zero-order chi connectivity index (χ0) is 13.5. The maximum absolute atomic E-state index is 3.53. The van der Waals surface area contributed by atoms with Crippen LogP contribution in [0.1, 0.15) is 26.7 Å². The third-order valence-corrected chi connectivity index (χ3v) is 3.37. The van der Waals surface area contributed by atoms with Crippen LogP contribution in [0.3, 0.4) is 0 Å². The first kappa shape index (κ1) is 13.5. The van der Waals surface area contributed by atoms with Crippen molar-refractivity contribution in [3.05, 3.63) is 60.7 Å². The van der Waals surface area contributed by atoms with E-state index in [1.165, 1.54) is 5.69 Å². The van der Waals surface area contributed by atoms with Crippen molar-refractivity contribution in [3.63, 3.8) is 0 Å². The Morgan fingerprint density at radius 1 is 0.842 bits per heavy atom. The molecule has 0 heterocycles. The van der Waals surface area contributed by atoms with Crippen LogP contribution in [0.5, 0.6) is 0 Å². The minimum Gasteiger partial charge on any atom is -0.298 e. The maximum Gasteiger partial charge on any atom is 0.0575 e. The summed E-state index contributed by atoms with van der Waals surface area (Å²) in [5.74, 6) is 0. The van der Waals surface area contributed by atoms with E-state index >= 15 is 0 Å². The van der Waals surface area contributed by atoms with Gasteiger partial charge >= 0.3 is 0 Å². The molecule has 0 aliphatic carbocycles. The van der Waals surface area contributed by atoms with Gasteiger partial charge in [0.2, 0.25) is 0 Å². The second-order valence-electron chi connectivity index (χ2n) is 4.65. The summed E-state index contributed by atoms with van der Waals surface area (Å²) in [6, 6.07) is 21.3. The number of para-hydroxylation sites is 2. The lowest BCUT2D eigenvalue weighted by Gasteiger charge is -2.33. The van der Waals surface area contributed by atoms with Gasteiger partial charge in [0.05, 0.1) is 11.4 Å². The highest BCUT2D eigenvalue weighted by Crippen LogP contribution is 2.21. The van der Waals surface area contributed by atoms with E-state index in [9.17, 15) is 0 Å². The molecular formula is C17H22N2. The maximum atomic E-state index is 3.53. The number of hydrogen-bond acceptors (Lipinski definition) is 2. The molecule has 2 nitrogen and oxygen atoms in total. The summed E-state index contributed by atoms with van der Waals surface area (Å²) in [4.78, 5) is 0. The minimum absolute atomic E-state index is 0.489. The molecule has 100 valence electrons. The molecule has 0 saturated heterocycles. The highest BCUT2D eigenvalue weighted by atomic mass is 15.5. The fourth-order valence-corrected chi connectivity index (χ4v) is 2.26. The van der Waals surface area contributed by atoms with Gasteiger partial charge in [0.15, 0.2) is 0 Å². The van der Waals surface area contributed by atoms with Crippen molar-refractivity contribution in [2.45, 2.75) is 32.7 Å². The van der Waals surface area contributed by atoms with E-state index in [0.717, 1.165) is 18.5 Å². The number of anilines is 2. The zero-order valence-electron chi connectivity index (χ0n) is 11.7. The van der Waals surface area contributed by atoms with Crippen molar-refractivity contribution in [2.75, 3.05) is 10.4 Å². The Labute approximate surface area is 116 Å². The topological polar surface area (TPSA) is 15.3 Å². The molecule has 0 aromatic heterocycles. The van der Waals surface area contributed by atoms with Gasteiger partial charge in [-0.1, -0.05) is 50.2 Å². The van der Waals surface area contributed by atoms with E-state index < -0.39 is 0 Å². The summed E-state index contributed by atoms with van der Waals surface area (Å²) in [6.45, 7) is 4.47. The van der Waals surface area contributed by atoms with Gasteiger partial charge in [0.1, 0.15) is 0 Å². The van der Waals surface area contributed by atoms with Crippen molar-refractivity contribution < 1.29 is 0 Å². The molecule has 0 aliphatic rings. The molecule has 0 unspecified atom stereocenters. The Kier molecular flexibility index (Phi) is 4.85. The standard InChI is InChI=1S/C17H22N2/c1-3-16(4-2)19(17-13-9-6-10-14-17)18-15-11-7-5-8-12-15/h5-14,16,18H,3-4H2,1-2H3. The van der Waals surface area contributed by atoms with Crippen LogP contribution in [0.25, 0.3) is 0 Å². The largest absolute Gasteiger partial charge is 0.298 e. The monoisotopic (exact) mass is 254 g/mol. The van der Waals surface area contributed by atoms with E-state index in [-0.39, 0.29) is 0 Å². The van der Waals surface area contributed by atoms with E-state index in [0.29, 0.717) is 6.04 Å². The smallest absolute Gasteiger partial charge is 0.0575 e. The second-order valence-corrected chi connectivity index (χ2v) is 4.65. The van der Waals surface area contributed by atoms with Crippen molar-refractivity contribution in [3.8, 4) is 0 Å². The lowest BCUT2D eigenvalue weighted by atomic mass is 10.1. The molecule has 0 radical (unpaired) electrons. The normalized spacial score (nSPS) is 10.5. The van der Waals surface area contributed by atoms with Crippen molar-refractivity contribution in [1.29, 1.82) is 0 Å². The minimum atomic E-state index is 0.489. The molecule has 2 rings (SSSR count). The first-order chi connectivity index (χ1) is 9.35. The van der Waals surface area contributed by atoms with E-state index in [1.807, 2.05) is 6.07 Å². The molecule has 0 spiro atoms. The fourth-order valence-electron chi connectivity index (χ4n) is 2.26. The number of nitrogens with zero attached hydrogens (tertiary/aromatic N) is 1. The van der Waals surface area contributed by atoms with Gasteiger partial charge in [-0.05, 0) is 37.1 Å². The number of nitrogens with one attached hydrogen (secondary N) is 1. The molecule has 19 heavy (non-hydrogen) atoms. The summed E-state index contributed by atoms with van der Waals surface area (Å²) >= 11 is 0. The first-order valence-corrected chi connectivity index (χ1v) is 7.01. The van der Waals surface area contributed by atoms with Crippen LogP contribution in [-0.4, -0.2) is 6.04 Å². The average molecular weight is 254 g/mol. The first-order valence-electron chi connectivity index (χ1n) is 7.01. The highest BCUT2D eigenvalue weighted by Gasteiger charge is 2.15. The molecule has 1 N–H and O–H groups in total. The second kappa shape index (κ2) is 6.83. The third kappa shape index (κ3) is 3.50. The lowest BCUT2D eigenvalue weighted by Crippen LogP contribution is -2.39. The van der Waals surface area contributed by atoms with Crippen molar-refractivity contribution in [1.82, 2.24) is 0 Å². The fraction of sp³-hybridized carbons (Fsp3) is 0.294. The third-order valence-electron chi connectivity index (χ3n) is 3.37. The summed E-state index contributed by atoms with van der Waals surface area (Å²) in [5, 5.41) is 2.27. The summed E-state index contributed by atoms with van der Waals surface area (Å²) in [5.41, 5.74) is 5.86. The quantitative estimate of drug-likeness (QED) is 0.751. The Balaban J connectivity index is 2.24. The molecule has 0 fully saturated rings. The molecular weight excluding hydrogens is 232 g/mol. The lowest BCUT2D eigenvalue weighted by molar-refractivity contribution is 0.588. The Bertz CT molecular complexity index is 463. The summed E-state index contributed by atoms with van der Waals surface area (Å²) in [6.07, 6.45) is 2.23. The number of rotatable bonds is 6. The molecule has 2 heteroatoms. The SMILES string of the molecule is CCC(CC)N(Nc1ccccc1)c1ccccc1. The van der Waals surface area contributed by atoms with Crippen LogP contribution in [-0.2, 0) is 0 Å². The van der Waals surface area contributed by atoms with Gasteiger partial charge in [0, 0.05) is 6.04 Å². The molecule has 2 aromatic carbocycles. The Hall–Kier alpha value is -1.96. The van der Waals surface area contributed by atoms with Gasteiger partial charge in [-0.2, -0.15) is 0 Å². The number of benzene rings is 2. The van der Waals surface area contributed by atoms with Crippen LogP contribution < -0.4 is 10.4 Å². The van der Waals surface area contributed by atoms with E-state index in [4.69, 9.17) is 0 Å². The van der Waals surface area contributed by atoms with Gasteiger partial charge in [-0.3, -0.25) is 10.4 Å². The van der Waals surface area contributed by atoms with Crippen molar-refractivity contribution >= 4 is 11.4 Å². The zero-order valence-corrected chi connectivity index (χ0v) is 11.7. The number of hydrogen-bond donors (Lipinski definition) is 1. The van der Waals surface area contributed by atoms with Crippen LogP contribution in [0.2, 0.25) is 0 Å². The molecule has 0 saturated carbocycles. The molecule has 0 atom stereocenters. The summed E-state index contributed by atoms with van der Waals surface area (Å²) in [7, 11) is 0. The van der Waals surface area contributed by atoms with Crippen molar-refractivity contribution in [2.24, 2.45) is 0 Å². The van der Waals surface area contributed by atoms with E-state index in [2.05, 4.69) is 78.9 Å². The predicted molar refractivity (Wildman–Crippen MR) is 83.4 cm³/mol. The Morgan fingerprint density at radius 2 is 1.37 bits per heavy atom. The van der Waals surface area contributed by atoms with Crippen LogP contribution in [0, 0.1) is 0 Å². The molecule has 0 aliphatic heterocycles. The van der Waals surface area contributed by atoms with Gasteiger partial charge < -0.3 is 0 Å². The van der Waals surface area contributed by atoms with Gasteiger partial charge in [-0.15, -0.1) is 0 Å². The van der Waals surface area contributed by atoms with Crippen LogP contribution >= 0.6 is 0 Å². The highest BCUT2D eigenvalue weighted by molar-refractivity contribution is 5.55. The van der Waals surface area contributed by atoms with E-state index in [1.54, 1.807) is 0 Å². The van der Waals surface area contributed by atoms with Gasteiger partial charge in [-0.25, -0.2) is 0 Å². The molecule has 0 bridgehead atoms. The van der Waals surface area contributed by atoms with Crippen LogP contribution in [0.15, 0.2) is 60.7 Å². The predicted octanol–water partition coefficient (Wildman–Crippen LogP) is 4.71. The van der Waals surface area contributed by atoms with Gasteiger partial charge in [0.25, 0.3) is 0 Å². The Morgan fingerprint density at radius 3 is 1.89 bits per heavy atom. The summed E-state index contributed by atoms with van der Waals surface area (Å²) < 4.78 is 0. The molecule has 2 aromatic rings. The molecule has 0 amide bonds.